The average Bonchev–Trinajstić information content (AvgIpc) is 3.42. The van der Waals surface area contributed by atoms with Crippen LogP contribution in [0.5, 0.6) is 0 Å². The van der Waals surface area contributed by atoms with Gasteiger partial charge >= 0.3 is 12.0 Å². The smallest absolute Gasteiger partial charge is 0.435 e. The standard InChI is InChI=1S/C30H49NO6/c1-17(7-10-24(33)31(28(36)37)15-5-6-18(31)2)20-8-9-21-25-22(12-14-29(20,21)3)30(4)13-11-19(32)16-23(30)26(34)27(25)35/h17-23,25-27,32,34-35H,5-16H2,1-4H3/p+1/t17-,18-,19-,20-,21?,22?,23+,25?,26-,27+,29-,30-,31?/m1/s1. The molecule has 5 fully saturated rings. The zero-order chi connectivity index (χ0) is 26.9. The van der Waals surface area contributed by atoms with Crippen molar-refractivity contribution in [1.29, 1.82) is 0 Å². The van der Waals surface area contributed by atoms with E-state index in [1.165, 1.54) is 0 Å². The average molecular weight is 521 g/mol. The largest absolute Gasteiger partial charge is 0.521 e. The lowest BCUT2D eigenvalue weighted by atomic mass is 9.43. The van der Waals surface area contributed by atoms with Gasteiger partial charge in [-0.05, 0) is 105 Å². The Hall–Kier alpha value is -1.02. The van der Waals surface area contributed by atoms with Crippen molar-refractivity contribution in [3.8, 4) is 0 Å². The highest BCUT2D eigenvalue weighted by Gasteiger charge is 2.65. The number of imide groups is 1. The van der Waals surface area contributed by atoms with Crippen LogP contribution < -0.4 is 0 Å². The topological polar surface area (TPSA) is 115 Å². The molecule has 0 spiro atoms. The summed E-state index contributed by atoms with van der Waals surface area (Å²) < 4.78 is -0.403. The predicted molar refractivity (Wildman–Crippen MR) is 139 cm³/mol. The summed E-state index contributed by atoms with van der Waals surface area (Å²) in [7, 11) is 0. The van der Waals surface area contributed by atoms with Crippen molar-refractivity contribution in [2.75, 3.05) is 6.54 Å². The normalized spacial score (nSPS) is 52.1. The molecule has 1 heterocycles. The van der Waals surface area contributed by atoms with Crippen molar-refractivity contribution in [1.82, 2.24) is 0 Å². The third-order valence-electron chi connectivity index (χ3n) is 13.0. The van der Waals surface area contributed by atoms with Gasteiger partial charge in [0.2, 0.25) is 0 Å². The van der Waals surface area contributed by atoms with Gasteiger partial charge in [0, 0.05) is 12.8 Å². The van der Waals surface area contributed by atoms with Crippen molar-refractivity contribution in [2.45, 2.75) is 123 Å². The molecule has 4 unspecified atom stereocenters. The van der Waals surface area contributed by atoms with Crippen molar-refractivity contribution < 1.29 is 34.5 Å². The van der Waals surface area contributed by atoms with E-state index in [1.807, 2.05) is 6.92 Å². The molecule has 4 N–H and O–H groups in total. The Balaban J connectivity index is 1.31. The van der Waals surface area contributed by atoms with Gasteiger partial charge in [-0.25, -0.2) is 4.79 Å². The number of aliphatic hydroxyl groups excluding tert-OH is 3. The van der Waals surface area contributed by atoms with Gasteiger partial charge in [0.05, 0.1) is 31.3 Å². The Morgan fingerprint density at radius 3 is 2.24 bits per heavy atom. The highest BCUT2D eigenvalue weighted by Crippen LogP contribution is 2.68. The minimum atomic E-state index is -0.999. The van der Waals surface area contributed by atoms with E-state index >= 15 is 0 Å². The number of hydrogen-bond acceptors (Lipinski definition) is 5. The number of carboxylic acid groups (broad SMARTS) is 1. The fraction of sp³-hybridized carbons (Fsp3) is 0.933. The number of quaternary nitrogens is 1. The molecule has 1 aliphatic heterocycles. The maximum absolute atomic E-state index is 13.3. The number of carbonyl (C=O) groups is 2. The first kappa shape index (κ1) is 27.5. The van der Waals surface area contributed by atoms with Gasteiger partial charge in [-0.15, -0.1) is 0 Å². The number of aliphatic hydroxyl groups is 3. The van der Waals surface area contributed by atoms with Crippen LogP contribution in [-0.4, -0.2) is 67.8 Å². The summed E-state index contributed by atoms with van der Waals surface area (Å²) in [6.07, 6.45) is 6.22. The number of rotatable bonds is 4. The first-order valence-electron chi connectivity index (χ1n) is 15.1. The van der Waals surface area contributed by atoms with Crippen LogP contribution in [0.1, 0.15) is 98.3 Å². The first-order valence-corrected chi connectivity index (χ1v) is 15.1. The summed E-state index contributed by atoms with van der Waals surface area (Å²) in [5.74, 6) is 1.35. The van der Waals surface area contributed by atoms with E-state index in [-0.39, 0.29) is 40.7 Å². The van der Waals surface area contributed by atoms with Crippen LogP contribution >= 0.6 is 0 Å². The van der Waals surface area contributed by atoms with Crippen LogP contribution in [0, 0.1) is 46.3 Å². The van der Waals surface area contributed by atoms with Gasteiger partial charge in [0.25, 0.3) is 0 Å². The molecule has 0 radical (unpaired) electrons. The van der Waals surface area contributed by atoms with Crippen LogP contribution in [0.15, 0.2) is 0 Å². The second kappa shape index (κ2) is 9.57. The fourth-order valence-corrected chi connectivity index (χ4v) is 10.8. The monoisotopic (exact) mass is 520 g/mol. The molecule has 0 bridgehead atoms. The number of amides is 2. The highest BCUT2D eigenvalue weighted by atomic mass is 16.4. The van der Waals surface area contributed by atoms with E-state index in [9.17, 15) is 30.0 Å². The first-order chi connectivity index (χ1) is 17.4. The van der Waals surface area contributed by atoms with Gasteiger partial charge in [-0.3, -0.25) is 0 Å². The van der Waals surface area contributed by atoms with Crippen LogP contribution in [0.4, 0.5) is 4.79 Å². The molecule has 0 aromatic heterocycles. The van der Waals surface area contributed by atoms with Crippen molar-refractivity contribution >= 4 is 12.0 Å². The molecule has 4 saturated carbocycles. The Kier molecular flexibility index (Phi) is 7.12. The summed E-state index contributed by atoms with van der Waals surface area (Å²) in [6.45, 7) is 9.23. The lowest BCUT2D eigenvalue weighted by molar-refractivity contribution is -0.792. The van der Waals surface area contributed by atoms with E-state index in [4.69, 9.17) is 0 Å². The second-order valence-corrected chi connectivity index (χ2v) is 14.3. The van der Waals surface area contributed by atoms with Crippen molar-refractivity contribution in [2.24, 2.45) is 46.3 Å². The molecule has 0 aromatic carbocycles. The Labute approximate surface area is 222 Å². The van der Waals surface area contributed by atoms with Gasteiger partial charge < -0.3 is 20.4 Å². The molecule has 5 aliphatic rings. The molecule has 5 rings (SSSR count). The Morgan fingerprint density at radius 1 is 0.919 bits per heavy atom. The van der Waals surface area contributed by atoms with E-state index in [0.29, 0.717) is 49.5 Å². The fourth-order valence-electron chi connectivity index (χ4n) is 10.8. The van der Waals surface area contributed by atoms with E-state index in [0.717, 1.165) is 51.4 Å². The van der Waals surface area contributed by atoms with E-state index < -0.39 is 22.8 Å². The molecule has 4 aliphatic carbocycles. The molecule has 13 atom stereocenters. The summed E-state index contributed by atoms with van der Waals surface area (Å²) in [6, 6.07) is -0.158. The van der Waals surface area contributed by atoms with Crippen LogP contribution in [0.25, 0.3) is 0 Å². The quantitative estimate of drug-likeness (QED) is 0.404. The number of hydrogen-bond donors (Lipinski definition) is 4. The van der Waals surface area contributed by atoms with Gasteiger partial charge in [0.15, 0.2) is 0 Å². The van der Waals surface area contributed by atoms with E-state index in [2.05, 4.69) is 20.8 Å². The molecular weight excluding hydrogens is 470 g/mol. The lowest BCUT2D eigenvalue weighted by Crippen LogP contribution is -2.64. The lowest BCUT2D eigenvalue weighted by Gasteiger charge is -2.63. The molecular formula is C30H50NO6+. The third-order valence-corrected chi connectivity index (χ3v) is 13.0. The maximum Gasteiger partial charge on any atom is 0.521 e. The molecule has 7 heteroatoms. The van der Waals surface area contributed by atoms with Gasteiger partial charge in [-0.2, -0.15) is 9.28 Å². The number of fused-ring (bicyclic) bond motifs is 5. The SMILES string of the molecule is C[C@H](CCC(=O)[N+]1(C(=O)O)CCC[C@H]1C)[C@H]1CCC2C3C(CC[C@@]21C)[C@@]1(C)CC[C@@H](O)C[C@H]1[C@@H](O)[C@H]3O. The number of likely N-dealkylation sites (tertiary alicyclic amines) is 1. The summed E-state index contributed by atoms with van der Waals surface area (Å²) >= 11 is 0. The molecule has 7 nitrogen and oxygen atoms in total. The molecule has 2 amide bonds. The van der Waals surface area contributed by atoms with Gasteiger partial charge in [0.1, 0.15) is 6.04 Å². The van der Waals surface area contributed by atoms with E-state index in [1.54, 1.807) is 0 Å². The molecule has 1 saturated heterocycles. The van der Waals surface area contributed by atoms with Gasteiger partial charge in [-0.1, -0.05) is 20.8 Å². The van der Waals surface area contributed by atoms with Crippen molar-refractivity contribution in [3.63, 3.8) is 0 Å². The predicted octanol–water partition coefficient (Wildman–Crippen LogP) is 4.57. The number of nitrogens with zero attached hydrogens (tertiary/aromatic N) is 1. The molecule has 0 aromatic rings. The third kappa shape index (κ3) is 3.96. The molecule has 210 valence electrons. The van der Waals surface area contributed by atoms with Crippen LogP contribution in [0.3, 0.4) is 0 Å². The summed E-state index contributed by atoms with van der Waals surface area (Å²) in [5.41, 5.74) is 0.0166. The van der Waals surface area contributed by atoms with Crippen LogP contribution in [-0.2, 0) is 4.79 Å². The molecule has 37 heavy (non-hydrogen) atoms. The summed E-state index contributed by atoms with van der Waals surface area (Å²) in [4.78, 5) is 25.4. The Bertz CT molecular complexity index is 911. The number of carbonyl (C=O) groups excluding carboxylic acids is 1. The van der Waals surface area contributed by atoms with Crippen LogP contribution in [0.2, 0.25) is 0 Å². The Morgan fingerprint density at radius 2 is 1.59 bits per heavy atom. The zero-order valence-corrected chi connectivity index (χ0v) is 23.3. The highest BCUT2D eigenvalue weighted by molar-refractivity contribution is 5.80. The maximum atomic E-state index is 13.3. The van der Waals surface area contributed by atoms with Crippen molar-refractivity contribution in [3.05, 3.63) is 0 Å². The minimum absolute atomic E-state index is 0.0406. The second-order valence-electron chi connectivity index (χ2n) is 14.3. The summed E-state index contributed by atoms with van der Waals surface area (Å²) in [5, 5.41) is 43.0. The zero-order valence-electron chi connectivity index (χ0n) is 23.3. The minimum Gasteiger partial charge on any atom is -0.435 e.